The molecule has 2 aliphatic heterocycles. The van der Waals surface area contributed by atoms with Gasteiger partial charge in [0.15, 0.2) is 0 Å². The molecule has 2 aliphatic rings. The Labute approximate surface area is 189 Å². The highest BCUT2D eigenvalue weighted by Crippen LogP contribution is 2.30. The van der Waals surface area contributed by atoms with E-state index in [-0.39, 0.29) is 0 Å². The van der Waals surface area contributed by atoms with Gasteiger partial charge in [0, 0.05) is 39.3 Å². The number of ether oxygens (including phenoxy) is 2. The zero-order chi connectivity index (χ0) is 21.8. The number of halogens is 1. The van der Waals surface area contributed by atoms with Crippen LogP contribution in [-0.2, 0) is 14.8 Å². The minimum Gasteiger partial charge on any atom is -0.456 e. The summed E-state index contributed by atoms with van der Waals surface area (Å²) in [4.78, 5) is 2.79. The number of likely N-dealkylation sites (tertiary alicyclic amines) is 1. The Hall–Kier alpha value is -1.64. The zero-order valence-electron chi connectivity index (χ0n) is 17.7. The van der Waals surface area contributed by atoms with Crippen LogP contribution in [0.4, 0.5) is 0 Å². The zero-order valence-corrected chi connectivity index (χ0v) is 19.3. The molecule has 2 aromatic rings. The average molecular weight is 465 g/mol. The first kappa shape index (κ1) is 22.6. The summed E-state index contributed by atoms with van der Waals surface area (Å²) in [6, 6.07) is 14.2. The van der Waals surface area contributed by atoms with Crippen molar-refractivity contribution < 1.29 is 17.9 Å². The van der Waals surface area contributed by atoms with Gasteiger partial charge in [-0.05, 0) is 62.1 Å². The number of sulfonamides is 1. The highest BCUT2D eigenvalue weighted by atomic mass is 35.5. The lowest BCUT2D eigenvalue weighted by atomic mass is 10.00. The topological polar surface area (TPSA) is 59.1 Å². The quantitative estimate of drug-likeness (QED) is 0.634. The third-order valence-electron chi connectivity index (χ3n) is 6.28. The van der Waals surface area contributed by atoms with Crippen molar-refractivity contribution in [2.24, 2.45) is 0 Å². The Morgan fingerprint density at radius 1 is 0.903 bits per heavy atom. The smallest absolute Gasteiger partial charge is 0.243 e. The summed E-state index contributed by atoms with van der Waals surface area (Å²) in [6.45, 7) is 3.16. The molecule has 0 radical (unpaired) electrons. The maximum absolute atomic E-state index is 13.1. The second kappa shape index (κ2) is 9.88. The summed E-state index contributed by atoms with van der Waals surface area (Å²) in [5.74, 6) is 1.08. The van der Waals surface area contributed by atoms with Crippen molar-refractivity contribution in [3.8, 4) is 11.5 Å². The van der Waals surface area contributed by atoms with Crippen LogP contribution in [0, 0.1) is 0 Å². The van der Waals surface area contributed by atoms with E-state index in [2.05, 4.69) is 4.90 Å². The molecule has 0 spiro atoms. The second-order valence-electron chi connectivity index (χ2n) is 8.11. The van der Waals surface area contributed by atoms with Crippen LogP contribution in [0.15, 0.2) is 53.4 Å². The van der Waals surface area contributed by atoms with Gasteiger partial charge in [0.25, 0.3) is 0 Å². The predicted octanol–water partition coefficient (Wildman–Crippen LogP) is 4.40. The van der Waals surface area contributed by atoms with Gasteiger partial charge in [-0.15, -0.1) is 0 Å². The van der Waals surface area contributed by atoms with Crippen molar-refractivity contribution in [2.45, 2.75) is 42.7 Å². The van der Waals surface area contributed by atoms with Crippen LogP contribution < -0.4 is 4.74 Å². The molecule has 0 aliphatic carbocycles. The van der Waals surface area contributed by atoms with Crippen LogP contribution >= 0.6 is 11.6 Å². The molecule has 0 aromatic heterocycles. The van der Waals surface area contributed by atoms with Gasteiger partial charge >= 0.3 is 0 Å². The molecule has 0 amide bonds. The third-order valence-corrected chi connectivity index (χ3v) is 8.50. The van der Waals surface area contributed by atoms with Gasteiger partial charge in [-0.1, -0.05) is 23.7 Å². The molecule has 2 saturated heterocycles. The van der Waals surface area contributed by atoms with Gasteiger partial charge in [-0.2, -0.15) is 4.31 Å². The Kier molecular flexibility index (Phi) is 7.19. The summed E-state index contributed by atoms with van der Waals surface area (Å²) in [5, 5.41) is 0.508. The van der Waals surface area contributed by atoms with Crippen LogP contribution in [0.25, 0.3) is 0 Å². The fourth-order valence-electron chi connectivity index (χ4n) is 4.41. The fourth-order valence-corrected chi connectivity index (χ4v) is 6.05. The number of hydrogen-bond donors (Lipinski definition) is 0. The summed E-state index contributed by atoms with van der Waals surface area (Å²) in [6.07, 6.45) is 4.20. The van der Waals surface area contributed by atoms with E-state index in [1.807, 2.05) is 12.1 Å². The molecule has 168 valence electrons. The Balaban J connectivity index is 1.35. The number of hydrogen-bond acceptors (Lipinski definition) is 5. The van der Waals surface area contributed by atoms with E-state index in [1.165, 1.54) is 0 Å². The number of para-hydroxylation sites is 1. The van der Waals surface area contributed by atoms with E-state index in [0.717, 1.165) is 38.8 Å². The van der Waals surface area contributed by atoms with Gasteiger partial charge < -0.3 is 14.4 Å². The lowest BCUT2D eigenvalue weighted by Crippen LogP contribution is -2.49. The lowest BCUT2D eigenvalue weighted by molar-refractivity contribution is 0.0190. The summed E-state index contributed by atoms with van der Waals surface area (Å²) in [5.41, 5.74) is 0. The van der Waals surface area contributed by atoms with E-state index >= 15 is 0 Å². The molecular formula is C23H29ClN2O4S. The van der Waals surface area contributed by atoms with Gasteiger partial charge in [0.1, 0.15) is 11.5 Å². The monoisotopic (exact) mass is 464 g/mol. The van der Waals surface area contributed by atoms with Crippen LogP contribution in [0.5, 0.6) is 11.5 Å². The van der Waals surface area contributed by atoms with Gasteiger partial charge in [0.2, 0.25) is 10.0 Å². The number of methoxy groups -OCH3 is 1. The summed E-state index contributed by atoms with van der Waals surface area (Å²) in [7, 11) is -1.74. The van der Waals surface area contributed by atoms with Crippen LogP contribution in [-0.4, -0.2) is 63.1 Å². The molecule has 4 rings (SSSR count). The number of piperidine rings is 2. The predicted molar refractivity (Wildman–Crippen MR) is 121 cm³/mol. The minimum atomic E-state index is -3.51. The standard InChI is InChI=1S/C23H29ClN2O4S/c1-29-19-12-14-25(15-13-19)18-10-16-26(17-11-18)31(27,28)21-8-6-20(7-9-21)30-23-5-3-2-4-22(23)24/h2-9,18-19H,10-17H2,1H3. The maximum Gasteiger partial charge on any atom is 0.243 e. The highest BCUT2D eigenvalue weighted by molar-refractivity contribution is 7.89. The number of benzene rings is 2. The van der Waals surface area contributed by atoms with Crippen LogP contribution in [0.3, 0.4) is 0 Å². The van der Waals surface area contributed by atoms with Crippen molar-refractivity contribution in [1.29, 1.82) is 0 Å². The van der Waals surface area contributed by atoms with E-state index in [1.54, 1.807) is 47.8 Å². The Bertz CT molecular complexity index is 967. The van der Waals surface area contributed by atoms with Crippen molar-refractivity contribution in [3.63, 3.8) is 0 Å². The minimum absolute atomic E-state index is 0.290. The maximum atomic E-state index is 13.1. The normalized spacial score (nSPS) is 20.1. The lowest BCUT2D eigenvalue weighted by Gasteiger charge is -2.41. The van der Waals surface area contributed by atoms with Gasteiger partial charge in [0.05, 0.1) is 16.0 Å². The van der Waals surface area contributed by atoms with E-state index in [9.17, 15) is 8.42 Å². The van der Waals surface area contributed by atoms with Gasteiger partial charge in [-0.25, -0.2) is 8.42 Å². The largest absolute Gasteiger partial charge is 0.456 e. The average Bonchev–Trinajstić information content (AvgIpc) is 2.81. The molecule has 6 nitrogen and oxygen atoms in total. The molecule has 0 N–H and O–H groups in total. The summed E-state index contributed by atoms with van der Waals surface area (Å²) < 4.78 is 39.0. The first-order valence-electron chi connectivity index (χ1n) is 10.8. The third kappa shape index (κ3) is 5.23. The Morgan fingerprint density at radius 2 is 1.55 bits per heavy atom. The SMILES string of the molecule is COC1CCN(C2CCN(S(=O)(=O)c3ccc(Oc4ccccc4Cl)cc3)CC2)CC1. The number of nitrogens with zero attached hydrogens (tertiary/aromatic N) is 2. The van der Waals surface area contributed by atoms with Crippen molar-refractivity contribution in [2.75, 3.05) is 33.3 Å². The molecule has 2 heterocycles. The van der Waals surface area contributed by atoms with Crippen molar-refractivity contribution >= 4 is 21.6 Å². The molecule has 0 bridgehead atoms. The first-order chi connectivity index (χ1) is 15.0. The number of rotatable bonds is 6. The van der Waals surface area contributed by atoms with Crippen LogP contribution in [0.2, 0.25) is 5.02 Å². The molecule has 0 saturated carbocycles. The van der Waals surface area contributed by atoms with E-state index in [4.69, 9.17) is 21.1 Å². The molecule has 0 atom stereocenters. The van der Waals surface area contributed by atoms with Crippen molar-refractivity contribution in [3.05, 3.63) is 53.6 Å². The van der Waals surface area contributed by atoms with Crippen LogP contribution in [0.1, 0.15) is 25.7 Å². The summed E-state index contributed by atoms with van der Waals surface area (Å²) >= 11 is 6.12. The van der Waals surface area contributed by atoms with E-state index in [0.29, 0.717) is 46.7 Å². The molecule has 31 heavy (non-hydrogen) atoms. The fraction of sp³-hybridized carbons (Fsp3) is 0.478. The van der Waals surface area contributed by atoms with E-state index < -0.39 is 10.0 Å². The first-order valence-corrected chi connectivity index (χ1v) is 12.6. The molecule has 2 fully saturated rings. The second-order valence-corrected chi connectivity index (χ2v) is 10.5. The molecular weight excluding hydrogens is 436 g/mol. The Morgan fingerprint density at radius 3 is 2.16 bits per heavy atom. The highest BCUT2D eigenvalue weighted by Gasteiger charge is 2.33. The molecule has 2 aromatic carbocycles. The van der Waals surface area contributed by atoms with Gasteiger partial charge in [-0.3, -0.25) is 0 Å². The molecule has 0 unspecified atom stereocenters. The molecule has 8 heteroatoms. The van der Waals surface area contributed by atoms with Crippen molar-refractivity contribution in [1.82, 2.24) is 9.21 Å².